The second-order valence-corrected chi connectivity index (χ2v) is 6.97. The van der Waals surface area contributed by atoms with Gasteiger partial charge < -0.3 is 9.88 Å². The number of nitrogens with one attached hydrogen (secondary N) is 1. The molecular weight excluding hydrogens is 302 g/mol. The van der Waals surface area contributed by atoms with Crippen molar-refractivity contribution in [1.29, 1.82) is 0 Å². The molecule has 2 heterocycles. The predicted molar refractivity (Wildman–Crippen MR) is 96.0 cm³/mol. The number of nitrogens with zero attached hydrogens (tertiary/aromatic N) is 2. The molecule has 2 aromatic rings. The third-order valence-corrected chi connectivity index (χ3v) is 4.65. The van der Waals surface area contributed by atoms with Crippen LogP contribution in [0.2, 0.25) is 0 Å². The van der Waals surface area contributed by atoms with Crippen LogP contribution in [-0.4, -0.2) is 46.9 Å². The molecule has 128 valence electrons. The van der Waals surface area contributed by atoms with Crippen LogP contribution in [0.1, 0.15) is 25.0 Å². The van der Waals surface area contributed by atoms with E-state index in [1.54, 1.807) is 0 Å². The van der Waals surface area contributed by atoms with Crippen LogP contribution in [-0.2, 0) is 11.3 Å². The highest BCUT2D eigenvalue weighted by Crippen LogP contribution is 2.15. The topological polar surface area (TPSA) is 56.4 Å². The summed E-state index contributed by atoms with van der Waals surface area (Å²) in [4.78, 5) is 31.5. The van der Waals surface area contributed by atoms with E-state index in [0.717, 1.165) is 42.6 Å². The maximum atomic E-state index is 12.3. The number of pyridine rings is 1. The smallest absolute Gasteiger partial charge is 0.252 e. The van der Waals surface area contributed by atoms with Gasteiger partial charge in [-0.3, -0.25) is 14.5 Å². The van der Waals surface area contributed by atoms with Crippen molar-refractivity contribution in [3.05, 3.63) is 45.7 Å². The SMILES string of the molecule is Cc1ccc2[nH]c(=O)c(CN3CCN(C(=O)C(C)C)CC3)cc2c1. The van der Waals surface area contributed by atoms with Crippen LogP contribution in [0.5, 0.6) is 0 Å². The zero-order chi connectivity index (χ0) is 17.3. The first-order chi connectivity index (χ1) is 11.4. The fourth-order valence-electron chi connectivity index (χ4n) is 3.22. The van der Waals surface area contributed by atoms with Crippen molar-refractivity contribution in [2.24, 2.45) is 5.92 Å². The highest BCUT2D eigenvalue weighted by Gasteiger charge is 2.23. The molecule has 1 fully saturated rings. The normalized spacial score (nSPS) is 16.1. The second-order valence-electron chi connectivity index (χ2n) is 6.97. The molecular formula is C19H25N3O2. The number of carbonyl (C=O) groups excluding carboxylic acids is 1. The fraction of sp³-hybridized carbons (Fsp3) is 0.474. The van der Waals surface area contributed by atoms with Crippen LogP contribution in [0.15, 0.2) is 29.1 Å². The summed E-state index contributed by atoms with van der Waals surface area (Å²) in [7, 11) is 0. The maximum absolute atomic E-state index is 12.3. The minimum absolute atomic E-state index is 0.0213. The van der Waals surface area contributed by atoms with E-state index in [1.807, 2.05) is 36.9 Å². The Morgan fingerprint density at radius 2 is 1.88 bits per heavy atom. The number of hydrogen-bond donors (Lipinski definition) is 1. The Hall–Kier alpha value is -2.14. The first kappa shape index (κ1) is 16.7. The van der Waals surface area contributed by atoms with Crippen molar-refractivity contribution in [3.63, 3.8) is 0 Å². The Balaban J connectivity index is 1.71. The molecule has 0 saturated carbocycles. The van der Waals surface area contributed by atoms with Gasteiger partial charge in [0.1, 0.15) is 0 Å². The van der Waals surface area contributed by atoms with Gasteiger partial charge in [-0.2, -0.15) is 0 Å². The van der Waals surface area contributed by atoms with Crippen LogP contribution in [0.3, 0.4) is 0 Å². The molecule has 0 radical (unpaired) electrons. The number of aromatic nitrogens is 1. The number of H-pyrrole nitrogens is 1. The van der Waals surface area contributed by atoms with Crippen molar-refractivity contribution in [1.82, 2.24) is 14.8 Å². The van der Waals surface area contributed by atoms with E-state index in [4.69, 9.17) is 0 Å². The van der Waals surface area contributed by atoms with Gasteiger partial charge in [0.25, 0.3) is 5.56 Å². The van der Waals surface area contributed by atoms with E-state index in [0.29, 0.717) is 6.54 Å². The number of piperazine rings is 1. The van der Waals surface area contributed by atoms with Gasteiger partial charge in [0.15, 0.2) is 0 Å². The van der Waals surface area contributed by atoms with Gasteiger partial charge in [0.05, 0.1) is 0 Å². The van der Waals surface area contributed by atoms with Gasteiger partial charge >= 0.3 is 0 Å². The first-order valence-corrected chi connectivity index (χ1v) is 8.58. The molecule has 5 heteroatoms. The molecule has 1 aromatic heterocycles. The summed E-state index contributed by atoms with van der Waals surface area (Å²) in [6.07, 6.45) is 0. The summed E-state index contributed by atoms with van der Waals surface area (Å²) in [5, 5.41) is 1.07. The third kappa shape index (κ3) is 3.51. The average molecular weight is 327 g/mol. The Labute approximate surface area is 142 Å². The number of benzene rings is 1. The summed E-state index contributed by atoms with van der Waals surface area (Å²) in [5.74, 6) is 0.261. The molecule has 0 atom stereocenters. The van der Waals surface area contributed by atoms with Crippen LogP contribution >= 0.6 is 0 Å². The number of aryl methyl sites for hydroxylation is 1. The van der Waals surface area contributed by atoms with Crippen LogP contribution in [0.4, 0.5) is 0 Å². The monoisotopic (exact) mass is 327 g/mol. The highest BCUT2D eigenvalue weighted by atomic mass is 16.2. The van der Waals surface area contributed by atoms with Crippen molar-refractivity contribution in [2.75, 3.05) is 26.2 Å². The summed E-state index contributed by atoms with van der Waals surface area (Å²) < 4.78 is 0. The Bertz CT molecular complexity index is 802. The van der Waals surface area contributed by atoms with Crippen LogP contribution in [0, 0.1) is 12.8 Å². The minimum atomic E-state index is -0.0213. The number of rotatable bonds is 3. The molecule has 5 nitrogen and oxygen atoms in total. The van der Waals surface area contributed by atoms with Gasteiger partial charge in [-0.1, -0.05) is 25.5 Å². The molecule has 1 aromatic carbocycles. The molecule has 1 amide bonds. The zero-order valence-corrected chi connectivity index (χ0v) is 14.6. The van der Waals surface area contributed by atoms with Gasteiger partial charge in [-0.15, -0.1) is 0 Å². The lowest BCUT2D eigenvalue weighted by Crippen LogP contribution is -2.49. The van der Waals surface area contributed by atoms with Crippen LogP contribution < -0.4 is 5.56 Å². The van der Waals surface area contributed by atoms with E-state index in [2.05, 4.69) is 22.9 Å². The Kier molecular flexibility index (Phi) is 4.71. The van der Waals surface area contributed by atoms with Crippen molar-refractivity contribution < 1.29 is 4.79 Å². The predicted octanol–water partition coefficient (Wildman–Crippen LogP) is 2.14. The van der Waals surface area contributed by atoms with Crippen molar-refractivity contribution in [2.45, 2.75) is 27.3 Å². The first-order valence-electron chi connectivity index (χ1n) is 8.58. The van der Waals surface area contributed by atoms with Gasteiger partial charge in [-0.05, 0) is 30.5 Å². The summed E-state index contributed by atoms with van der Waals surface area (Å²) in [5.41, 5.74) is 2.83. The lowest BCUT2D eigenvalue weighted by Gasteiger charge is -2.35. The lowest BCUT2D eigenvalue weighted by molar-refractivity contribution is -0.136. The number of carbonyl (C=O) groups is 1. The molecule has 0 bridgehead atoms. The minimum Gasteiger partial charge on any atom is -0.340 e. The summed E-state index contributed by atoms with van der Waals surface area (Å²) >= 11 is 0. The average Bonchev–Trinajstić information content (AvgIpc) is 2.56. The number of hydrogen-bond acceptors (Lipinski definition) is 3. The van der Waals surface area contributed by atoms with E-state index in [-0.39, 0.29) is 17.4 Å². The standard InChI is InChI=1S/C19H25N3O2/c1-13(2)19(24)22-8-6-21(7-9-22)12-16-11-15-10-14(3)4-5-17(15)20-18(16)23/h4-5,10-11,13H,6-9,12H2,1-3H3,(H,20,23). The molecule has 24 heavy (non-hydrogen) atoms. The van der Waals surface area contributed by atoms with Gasteiger partial charge in [0, 0.05) is 49.7 Å². The highest BCUT2D eigenvalue weighted by molar-refractivity contribution is 5.79. The Morgan fingerprint density at radius 1 is 1.17 bits per heavy atom. The van der Waals surface area contributed by atoms with E-state index in [9.17, 15) is 9.59 Å². The van der Waals surface area contributed by atoms with Gasteiger partial charge in [-0.25, -0.2) is 0 Å². The Morgan fingerprint density at radius 3 is 2.54 bits per heavy atom. The number of aromatic amines is 1. The molecule has 1 aliphatic heterocycles. The molecule has 1 aliphatic rings. The molecule has 1 saturated heterocycles. The zero-order valence-electron chi connectivity index (χ0n) is 14.6. The quantitative estimate of drug-likeness (QED) is 0.940. The summed E-state index contributed by atoms with van der Waals surface area (Å²) in [6.45, 7) is 9.64. The molecule has 3 rings (SSSR count). The largest absolute Gasteiger partial charge is 0.340 e. The van der Waals surface area contributed by atoms with E-state index < -0.39 is 0 Å². The lowest BCUT2D eigenvalue weighted by atomic mass is 10.1. The molecule has 0 spiro atoms. The van der Waals surface area contributed by atoms with Gasteiger partial charge in [0.2, 0.25) is 5.91 Å². The van der Waals surface area contributed by atoms with Crippen molar-refractivity contribution >= 4 is 16.8 Å². The number of fused-ring (bicyclic) bond motifs is 1. The number of amides is 1. The molecule has 0 unspecified atom stereocenters. The van der Waals surface area contributed by atoms with E-state index >= 15 is 0 Å². The van der Waals surface area contributed by atoms with Crippen LogP contribution in [0.25, 0.3) is 10.9 Å². The fourth-order valence-corrected chi connectivity index (χ4v) is 3.22. The van der Waals surface area contributed by atoms with E-state index in [1.165, 1.54) is 5.56 Å². The molecule has 1 N–H and O–H groups in total. The molecule has 0 aliphatic carbocycles. The summed E-state index contributed by atoms with van der Waals surface area (Å²) in [6, 6.07) is 8.04. The maximum Gasteiger partial charge on any atom is 0.252 e. The second kappa shape index (κ2) is 6.77. The third-order valence-electron chi connectivity index (χ3n) is 4.65. The van der Waals surface area contributed by atoms with Crippen molar-refractivity contribution in [3.8, 4) is 0 Å².